The lowest BCUT2D eigenvalue weighted by molar-refractivity contribution is -0.0328. The second-order valence-electron chi connectivity index (χ2n) is 6.40. The van der Waals surface area contributed by atoms with Gasteiger partial charge in [0, 0.05) is 29.8 Å². The molecule has 0 fully saturated rings. The zero-order valence-corrected chi connectivity index (χ0v) is 16.6. The molecule has 1 atom stereocenters. The van der Waals surface area contributed by atoms with Crippen LogP contribution in [0.5, 0.6) is 0 Å². The predicted octanol–water partition coefficient (Wildman–Crippen LogP) is 4.61. The summed E-state index contributed by atoms with van der Waals surface area (Å²) in [6.45, 7) is 1.88. The summed E-state index contributed by atoms with van der Waals surface area (Å²) >= 11 is -0.186. The normalized spacial score (nSPS) is 12.5. The molecule has 2 heterocycles. The average molecular weight is 434 g/mol. The fourth-order valence-electron chi connectivity index (χ4n) is 2.90. The number of H-pyrrole nitrogens is 1. The van der Waals surface area contributed by atoms with Crippen LogP contribution in [0.25, 0.3) is 11.6 Å². The van der Waals surface area contributed by atoms with Crippen molar-refractivity contribution in [3.05, 3.63) is 70.4 Å². The summed E-state index contributed by atoms with van der Waals surface area (Å²) in [6.07, 6.45) is 3.64. The van der Waals surface area contributed by atoms with Crippen LogP contribution in [-0.2, 0) is 0 Å². The van der Waals surface area contributed by atoms with Gasteiger partial charge in [-0.15, -0.1) is 0 Å². The van der Waals surface area contributed by atoms with Gasteiger partial charge in [-0.25, -0.2) is 15.0 Å². The highest BCUT2D eigenvalue weighted by Crippen LogP contribution is 2.37. The number of carbonyl (C=O) groups is 1. The van der Waals surface area contributed by atoms with Crippen LogP contribution >= 0.6 is 11.8 Å². The molecule has 0 unspecified atom stereocenters. The number of aromatic amines is 1. The SMILES string of the molecule is CC[C@@H](CC(=O)c1cc(=O)[nH]c(-c2ncccn2)n1)c1ccc(SC(F)(F)F)cc1. The van der Waals surface area contributed by atoms with Crippen LogP contribution in [0.2, 0.25) is 0 Å². The number of Topliss-reactive ketones (excluding diaryl/α,β-unsaturated/α-hetero) is 1. The number of alkyl halides is 3. The molecule has 3 rings (SSSR count). The molecular weight excluding hydrogens is 417 g/mol. The summed E-state index contributed by atoms with van der Waals surface area (Å²) in [5.41, 5.74) is -4.12. The number of thioether (sulfide) groups is 1. The molecule has 10 heteroatoms. The Bertz CT molecular complexity index is 1070. The van der Waals surface area contributed by atoms with Crippen molar-refractivity contribution in [1.82, 2.24) is 19.9 Å². The number of rotatable bonds is 7. The largest absolute Gasteiger partial charge is 0.446 e. The Hall–Kier alpha value is -3.01. The van der Waals surface area contributed by atoms with Crippen LogP contribution in [-0.4, -0.2) is 31.2 Å². The van der Waals surface area contributed by atoms with E-state index in [1.54, 1.807) is 18.2 Å². The summed E-state index contributed by atoms with van der Waals surface area (Å²) in [4.78, 5) is 39.5. The summed E-state index contributed by atoms with van der Waals surface area (Å²) in [5.74, 6) is -0.291. The van der Waals surface area contributed by atoms with Crippen LogP contribution in [0.15, 0.2) is 58.5 Å². The molecular formula is C20H17F3N4O2S. The van der Waals surface area contributed by atoms with Crippen LogP contribution in [0, 0.1) is 0 Å². The Balaban J connectivity index is 1.79. The van der Waals surface area contributed by atoms with Gasteiger partial charge >= 0.3 is 5.51 Å². The third-order valence-electron chi connectivity index (χ3n) is 4.31. The Morgan fingerprint density at radius 3 is 2.43 bits per heavy atom. The summed E-state index contributed by atoms with van der Waals surface area (Å²) in [6, 6.07) is 8.67. The van der Waals surface area contributed by atoms with E-state index in [-0.39, 0.29) is 52.1 Å². The van der Waals surface area contributed by atoms with Crippen LogP contribution < -0.4 is 5.56 Å². The molecule has 0 bridgehead atoms. The minimum atomic E-state index is -4.35. The zero-order chi connectivity index (χ0) is 21.7. The number of ketones is 1. The van der Waals surface area contributed by atoms with Gasteiger partial charge in [0.15, 0.2) is 17.4 Å². The van der Waals surface area contributed by atoms with Gasteiger partial charge < -0.3 is 4.98 Å². The maximum absolute atomic E-state index is 12.8. The lowest BCUT2D eigenvalue weighted by Gasteiger charge is -2.15. The maximum Gasteiger partial charge on any atom is 0.446 e. The Kier molecular flexibility index (Phi) is 6.66. The van der Waals surface area contributed by atoms with Gasteiger partial charge in [0.05, 0.1) is 0 Å². The second-order valence-corrected chi connectivity index (χ2v) is 7.54. The summed E-state index contributed by atoms with van der Waals surface area (Å²) < 4.78 is 37.5. The number of aromatic nitrogens is 4. The van der Waals surface area contributed by atoms with E-state index in [2.05, 4.69) is 19.9 Å². The quantitative estimate of drug-likeness (QED) is 0.432. The van der Waals surface area contributed by atoms with E-state index in [1.807, 2.05) is 6.92 Å². The van der Waals surface area contributed by atoms with Gasteiger partial charge in [-0.05, 0) is 47.9 Å². The molecule has 3 aromatic rings. The van der Waals surface area contributed by atoms with Gasteiger partial charge in [-0.1, -0.05) is 19.1 Å². The minimum absolute atomic E-state index is 0.0103. The molecule has 2 aromatic heterocycles. The molecule has 0 saturated heterocycles. The lowest BCUT2D eigenvalue weighted by Crippen LogP contribution is -2.16. The van der Waals surface area contributed by atoms with Crippen molar-refractivity contribution < 1.29 is 18.0 Å². The fourth-order valence-corrected chi connectivity index (χ4v) is 3.44. The van der Waals surface area contributed by atoms with E-state index < -0.39 is 11.1 Å². The topological polar surface area (TPSA) is 88.6 Å². The number of hydrogen-bond acceptors (Lipinski definition) is 6. The standard InChI is InChI=1S/C20H17F3N4O2S/c1-2-12(13-4-6-14(7-5-13)30-20(21,22)23)10-16(28)15-11-17(29)27-19(26-15)18-24-8-3-9-25-18/h3-9,11-12H,2,10H2,1H3,(H,26,27,29)/t12-/m0/s1. The summed E-state index contributed by atoms with van der Waals surface area (Å²) in [5, 5.41) is 0. The molecule has 0 radical (unpaired) electrons. The van der Waals surface area contributed by atoms with Crippen LogP contribution in [0.3, 0.4) is 0 Å². The monoisotopic (exact) mass is 434 g/mol. The third kappa shape index (κ3) is 5.76. The Labute approximate surface area is 174 Å². The number of hydrogen-bond donors (Lipinski definition) is 1. The van der Waals surface area contributed by atoms with Gasteiger partial charge in [-0.2, -0.15) is 13.2 Å². The van der Waals surface area contributed by atoms with Gasteiger partial charge in [0.2, 0.25) is 0 Å². The molecule has 6 nitrogen and oxygen atoms in total. The Morgan fingerprint density at radius 2 is 1.83 bits per heavy atom. The number of nitrogens with one attached hydrogen (secondary N) is 1. The first-order chi connectivity index (χ1) is 14.2. The third-order valence-corrected chi connectivity index (χ3v) is 5.05. The molecule has 0 saturated carbocycles. The van der Waals surface area contributed by atoms with Crippen molar-refractivity contribution >= 4 is 17.5 Å². The second kappa shape index (κ2) is 9.21. The van der Waals surface area contributed by atoms with Crippen molar-refractivity contribution in [2.24, 2.45) is 0 Å². The van der Waals surface area contributed by atoms with Crippen molar-refractivity contribution in [2.45, 2.75) is 36.1 Å². The highest BCUT2D eigenvalue weighted by molar-refractivity contribution is 8.00. The highest BCUT2D eigenvalue weighted by atomic mass is 32.2. The number of halogens is 3. The van der Waals surface area contributed by atoms with Gasteiger partial charge in [0.25, 0.3) is 5.56 Å². The van der Waals surface area contributed by atoms with Gasteiger partial charge in [-0.3, -0.25) is 9.59 Å². The van der Waals surface area contributed by atoms with E-state index in [1.165, 1.54) is 24.5 Å². The van der Waals surface area contributed by atoms with E-state index >= 15 is 0 Å². The minimum Gasteiger partial charge on any atom is -0.304 e. The lowest BCUT2D eigenvalue weighted by atomic mass is 9.90. The molecule has 1 aromatic carbocycles. The molecule has 0 amide bonds. The molecule has 30 heavy (non-hydrogen) atoms. The fraction of sp³-hybridized carbons (Fsp3) is 0.250. The van der Waals surface area contributed by atoms with Crippen molar-refractivity contribution in [2.75, 3.05) is 0 Å². The predicted molar refractivity (Wildman–Crippen MR) is 106 cm³/mol. The highest BCUT2D eigenvalue weighted by Gasteiger charge is 2.29. The van der Waals surface area contributed by atoms with Crippen molar-refractivity contribution in [1.29, 1.82) is 0 Å². The molecule has 0 spiro atoms. The molecule has 0 aliphatic heterocycles. The van der Waals surface area contributed by atoms with Crippen molar-refractivity contribution in [3.63, 3.8) is 0 Å². The number of carbonyl (C=O) groups excluding carboxylic acids is 1. The molecule has 0 aliphatic rings. The Morgan fingerprint density at radius 1 is 1.17 bits per heavy atom. The molecule has 156 valence electrons. The zero-order valence-electron chi connectivity index (χ0n) is 15.8. The average Bonchev–Trinajstić information content (AvgIpc) is 2.71. The molecule has 1 N–H and O–H groups in total. The van der Waals surface area contributed by atoms with Gasteiger partial charge in [0.1, 0.15) is 5.69 Å². The van der Waals surface area contributed by atoms with Crippen molar-refractivity contribution in [3.8, 4) is 11.6 Å². The first-order valence-electron chi connectivity index (χ1n) is 9.03. The van der Waals surface area contributed by atoms with E-state index in [0.29, 0.717) is 6.42 Å². The molecule has 0 aliphatic carbocycles. The smallest absolute Gasteiger partial charge is 0.304 e. The van der Waals surface area contributed by atoms with Crippen LogP contribution in [0.1, 0.15) is 41.7 Å². The van der Waals surface area contributed by atoms with Crippen LogP contribution in [0.4, 0.5) is 13.2 Å². The van der Waals surface area contributed by atoms with E-state index in [9.17, 15) is 22.8 Å². The maximum atomic E-state index is 12.8. The first-order valence-corrected chi connectivity index (χ1v) is 9.84. The first kappa shape index (κ1) is 21.7. The number of nitrogens with zero attached hydrogens (tertiary/aromatic N) is 3. The van der Waals surface area contributed by atoms with E-state index in [4.69, 9.17) is 0 Å². The number of benzene rings is 1. The summed E-state index contributed by atoms with van der Waals surface area (Å²) in [7, 11) is 0. The van der Waals surface area contributed by atoms with E-state index in [0.717, 1.165) is 11.6 Å².